The maximum Gasteiger partial charge on any atom is 0.163 e. The lowest BCUT2D eigenvalue weighted by molar-refractivity contribution is -0.114. The van der Waals surface area contributed by atoms with E-state index in [9.17, 15) is 4.79 Å². The Morgan fingerprint density at radius 3 is 3.00 bits per heavy atom. The minimum absolute atomic E-state index is 0.249. The highest BCUT2D eigenvalue weighted by Gasteiger charge is 2.14. The molecule has 0 spiro atoms. The minimum atomic E-state index is 0.249. The molecule has 13 heavy (non-hydrogen) atoms. The summed E-state index contributed by atoms with van der Waals surface area (Å²) in [7, 11) is 0. The Bertz CT molecular complexity index is 340. The Hall–Kier alpha value is -1.44. The molecule has 0 aliphatic heterocycles. The van der Waals surface area contributed by atoms with Crippen LogP contribution in [0.1, 0.15) is 24.8 Å². The molecule has 0 fully saturated rings. The average Bonchev–Trinajstić information content (AvgIpc) is 2.20. The molecule has 2 rings (SSSR count). The molecule has 0 saturated carbocycles. The summed E-state index contributed by atoms with van der Waals surface area (Å²) in [6, 6.07) is 3.79. The molecule has 1 aromatic rings. The summed E-state index contributed by atoms with van der Waals surface area (Å²) in [5.74, 6) is 0.249. The van der Waals surface area contributed by atoms with E-state index in [2.05, 4.69) is 4.98 Å². The van der Waals surface area contributed by atoms with Gasteiger partial charge in [0, 0.05) is 30.0 Å². The lowest BCUT2D eigenvalue weighted by Gasteiger charge is -2.10. The number of allylic oxidation sites excluding steroid dienone is 2. The Kier molecular flexibility index (Phi) is 2.21. The van der Waals surface area contributed by atoms with Gasteiger partial charge in [0.1, 0.15) is 0 Å². The summed E-state index contributed by atoms with van der Waals surface area (Å²) in [6.45, 7) is 0. The van der Waals surface area contributed by atoms with E-state index in [1.165, 1.54) is 0 Å². The van der Waals surface area contributed by atoms with Gasteiger partial charge in [-0.2, -0.15) is 0 Å². The number of Topliss-reactive ketones (excluding diaryl/α,β-unsaturated/α-hetero) is 1. The maximum atomic E-state index is 11.5. The van der Waals surface area contributed by atoms with Crippen molar-refractivity contribution in [1.29, 1.82) is 0 Å². The summed E-state index contributed by atoms with van der Waals surface area (Å²) in [5.41, 5.74) is 1.80. The van der Waals surface area contributed by atoms with E-state index < -0.39 is 0 Å². The highest BCUT2D eigenvalue weighted by atomic mass is 16.1. The molecule has 1 aliphatic rings. The van der Waals surface area contributed by atoms with Crippen molar-refractivity contribution >= 4 is 11.4 Å². The van der Waals surface area contributed by atoms with Gasteiger partial charge in [0.05, 0.1) is 0 Å². The second-order valence-electron chi connectivity index (χ2n) is 3.17. The van der Waals surface area contributed by atoms with Gasteiger partial charge in [-0.1, -0.05) is 12.1 Å². The lowest BCUT2D eigenvalue weighted by Crippen LogP contribution is -2.05. The predicted octanol–water partition coefficient (Wildman–Crippen LogP) is 2.22. The molecule has 1 aromatic heterocycles. The maximum absolute atomic E-state index is 11.5. The van der Waals surface area contributed by atoms with E-state index >= 15 is 0 Å². The van der Waals surface area contributed by atoms with Crippen LogP contribution in [0.25, 0.3) is 5.57 Å². The predicted molar refractivity (Wildman–Crippen MR) is 51.1 cm³/mol. The molecule has 0 bridgehead atoms. The van der Waals surface area contributed by atoms with Gasteiger partial charge in [0.15, 0.2) is 5.78 Å². The zero-order valence-electron chi connectivity index (χ0n) is 7.36. The Balaban J connectivity index is 2.35. The molecule has 0 unspecified atom stereocenters. The van der Waals surface area contributed by atoms with Crippen molar-refractivity contribution in [3.63, 3.8) is 0 Å². The molecule has 0 atom stereocenters. The van der Waals surface area contributed by atoms with E-state index in [0.29, 0.717) is 6.42 Å². The monoisotopic (exact) mass is 173 g/mol. The third kappa shape index (κ3) is 1.66. The highest BCUT2D eigenvalue weighted by Crippen LogP contribution is 2.22. The van der Waals surface area contributed by atoms with E-state index in [1.807, 2.05) is 18.2 Å². The van der Waals surface area contributed by atoms with E-state index in [1.54, 1.807) is 12.4 Å². The number of aromatic nitrogens is 1. The van der Waals surface area contributed by atoms with Gasteiger partial charge in [-0.3, -0.25) is 9.78 Å². The Morgan fingerprint density at radius 1 is 1.38 bits per heavy atom. The van der Waals surface area contributed by atoms with Gasteiger partial charge in [0.2, 0.25) is 0 Å². The smallest absolute Gasteiger partial charge is 0.163 e. The van der Waals surface area contributed by atoms with Crippen LogP contribution in [0.5, 0.6) is 0 Å². The minimum Gasteiger partial charge on any atom is -0.294 e. The second kappa shape index (κ2) is 3.52. The van der Waals surface area contributed by atoms with Crippen molar-refractivity contribution in [2.75, 3.05) is 0 Å². The van der Waals surface area contributed by atoms with Crippen LogP contribution in [0, 0.1) is 0 Å². The van der Waals surface area contributed by atoms with Crippen LogP contribution in [-0.4, -0.2) is 10.8 Å². The lowest BCUT2D eigenvalue weighted by atomic mass is 9.93. The zero-order chi connectivity index (χ0) is 9.10. The number of ketones is 1. The van der Waals surface area contributed by atoms with Crippen LogP contribution in [0.3, 0.4) is 0 Å². The molecule has 0 N–H and O–H groups in total. The van der Waals surface area contributed by atoms with Crippen molar-refractivity contribution in [3.8, 4) is 0 Å². The molecule has 0 saturated heterocycles. The third-order valence-corrected chi connectivity index (χ3v) is 2.23. The number of carbonyl (C=O) groups excluding carboxylic acids is 1. The first-order valence-electron chi connectivity index (χ1n) is 4.52. The van der Waals surface area contributed by atoms with Gasteiger partial charge in [-0.15, -0.1) is 0 Å². The van der Waals surface area contributed by atoms with Crippen molar-refractivity contribution in [3.05, 3.63) is 36.2 Å². The fourth-order valence-corrected chi connectivity index (χ4v) is 1.56. The van der Waals surface area contributed by atoms with Crippen molar-refractivity contribution < 1.29 is 4.79 Å². The van der Waals surface area contributed by atoms with Crippen LogP contribution >= 0.6 is 0 Å². The first-order chi connectivity index (χ1) is 6.38. The summed E-state index contributed by atoms with van der Waals surface area (Å²) in [5, 5.41) is 0. The largest absolute Gasteiger partial charge is 0.294 e. The molecule has 2 nitrogen and oxygen atoms in total. The van der Waals surface area contributed by atoms with Crippen molar-refractivity contribution in [2.45, 2.75) is 19.3 Å². The van der Waals surface area contributed by atoms with Gasteiger partial charge in [-0.05, 0) is 18.9 Å². The number of hydrogen-bond donors (Lipinski definition) is 0. The molecule has 0 aromatic carbocycles. The van der Waals surface area contributed by atoms with E-state index in [-0.39, 0.29) is 5.78 Å². The molecule has 0 amide bonds. The summed E-state index contributed by atoms with van der Waals surface area (Å²) in [6.07, 6.45) is 8.16. The van der Waals surface area contributed by atoms with Crippen LogP contribution in [-0.2, 0) is 4.79 Å². The first-order valence-corrected chi connectivity index (χ1v) is 4.52. The molecule has 1 aliphatic carbocycles. The van der Waals surface area contributed by atoms with Crippen LogP contribution in [0.2, 0.25) is 0 Å². The van der Waals surface area contributed by atoms with Gasteiger partial charge in [-0.25, -0.2) is 0 Å². The topological polar surface area (TPSA) is 30.0 Å². The van der Waals surface area contributed by atoms with E-state index in [0.717, 1.165) is 24.0 Å². The first kappa shape index (κ1) is 8.17. The molecule has 66 valence electrons. The molecule has 2 heteroatoms. The summed E-state index contributed by atoms with van der Waals surface area (Å²) < 4.78 is 0. The van der Waals surface area contributed by atoms with Crippen LogP contribution < -0.4 is 0 Å². The van der Waals surface area contributed by atoms with Crippen LogP contribution in [0.15, 0.2) is 30.6 Å². The van der Waals surface area contributed by atoms with Gasteiger partial charge < -0.3 is 0 Å². The highest BCUT2D eigenvalue weighted by molar-refractivity contribution is 6.21. The van der Waals surface area contributed by atoms with Gasteiger partial charge >= 0.3 is 0 Å². The number of carbonyl (C=O) groups is 1. The fourth-order valence-electron chi connectivity index (χ4n) is 1.56. The van der Waals surface area contributed by atoms with E-state index in [4.69, 9.17) is 0 Å². The van der Waals surface area contributed by atoms with Gasteiger partial charge in [0.25, 0.3) is 0 Å². The van der Waals surface area contributed by atoms with Crippen LogP contribution in [0.4, 0.5) is 0 Å². The molecule has 0 radical (unpaired) electrons. The average molecular weight is 173 g/mol. The SMILES string of the molecule is O=C1CCCC=C1c1cccnc1. The quantitative estimate of drug-likeness (QED) is 0.651. The third-order valence-electron chi connectivity index (χ3n) is 2.23. The number of rotatable bonds is 1. The van der Waals surface area contributed by atoms with Crippen molar-refractivity contribution in [1.82, 2.24) is 4.98 Å². The molecule has 1 heterocycles. The number of hydrogen-bond acceptors (Lipinski definition) is 2. The number of nitrogens with zero attached hydrogens (tertiary/aromatic N) is 1. The fraction of sp³-hybridized carbons (Fsp3) is 0.273. The summed E-state index contributed by atoms with van der Waals surface area (Å²) in [4.78, 5) is 15.5. The standard InChI is InChI=1S/C11H11NO/c13-11-6-2-1-5-10(11)9-4-3-7-12-8-9/h3-5,7-8H,1-2,6H2. The number of pyridine rings is 1. The molecular weight excluding hydrogens is 162 g/mol. The normalized spacial score (nSPS) is 16.9. The summed E-state index contributed by atoms with van der Waals surface area (Å²) >= 11 is 0. The Labute approximate surface area is 77.3 Å². The van der Waals surface area contributed by atoms with Crippen molar-refractivity contribution in [2.24, 2.45) is 0 Å². The zero-order valence-corrected chi connectivity index (χ0v) is 7.36. The molecular formula is C11H11NO. The Morgan fingerprint density at radius 2 is 2.31 bits per heavy atom. The second-order valence-corrected chi connectivity index (χ2v) is 3.17.